The summed E-state index contributed by atoms with van der Waals surface area (Å²) in [5, 5.41) is 4.96. The van der Waals surface area contributed by atoms with E-state index in [2.05, 4.69) is 13.8 Å². The van der Waals surface area contributed by atoms with Crippen molar-refractivity contribution in [3.8, 4) is 22.7 Å². The second kappa shape index (κ2) is 13.8. The predicted octanol–water partition coefficient (Wildman–Crippen LogP) is 8.54. The summed E-state index contributed by atoms with van der Waals surface area (Å²) >= 11 is 7.05. The molecule has 1 amide bonds. The number of carbonyl (C=O) groups is 1. The number of nitrogens with zero attached hydrogens (tertiary/aromatic N) is 3. The van der Waals surface area contributed by atoms with Crippen molar-refractivity contribution in [1.82, 2.24) is 14.7 Å². The molecule has 1 aliphatic rings. The first-order valence-corrected chi connectivity index (χ1v) is 15.5. The van der Waals surface area contributed by atoms with E-state index >= 15 is 0 Å². The van der Waals surface area contributed by atoms with E-state index in [1.807, 2.05) is 102 Å². The van der Waals surface area contributed by atoms with Crippen LogP contribution in [0.5, 0.6) is 5.75 Å². The monoisotopic (exact) mass is 581 g/mol. The van der Waals surface area contributed by atoms with Gasteiger partial charge >= 0.3 is 0 Å². The third-order valence-corrected chi connectivity index (χ3v) is 8.64. The molecule has 1 aromatic heterocycles. The van der Waals surface area contributed by atoms with Gasteiger partial charge in [0, 0.05) is 23.9 Å². The number of aromatic nitrogens is 2. The maximum atomic E-state index is 13.5. The van der Waals surface area contributed by atoms with Gasteiger partial charge in [-0.3, -0.25) is 9.69 Å². The molecule has 2 heterocycles. The van der Waals surface area contributed by atoms with Gasteiger partial charge < -0.3 is 4.74 Å². The number of benzene rings is 3. The fourth-order valence-electron chi connectivity index (χ4n) is 4.88. The molecule has 4 aromatic rings. The summed E-state index contributed by atoms with van der Waals surface area (Å²) in [6.07, 6.45) is 8.38. The first-order chi connectivity index (χ1) is 20.1. The molecule has 7 heteroatoms. The molecule has 0 spiro atoms. The topological polar surface area (TPSA) is 47.4 Å². The number of para-hydroxylation sites is 1. The number of carbonyl (C=O) groups excluding carboxylic acids is 1. The van der Waals surface area contributed by atoms with Crippen LogP contribution in [0.1, 0.15) is 50.7 Å². The molecule has 1 atom stereocenters. The molecular formula is C34H35N3O2S2. The van der Waals surface area contributed by atoms with Crippen molar-refractivity contribution < 1.29 is 9.53 Å². The molecule has 3 aromatic carbocycles. The normalized spacial score (nSPS) is 15.1. The van der Waals surface area contributed by atoms with Gasteiger partial charge in [-0.25, -0.2) is 4.68 Å². The third-order valence-electron chi connectivity index (χ3n) is 7.26. The lowest BCUT2D eigenvalue weighted by molar-refractivity contribution is -0.122. The van der Waals surface area contributed by atoms with Gasteiger partial charge in [-0.2, -0.15) is 5.10 Å². The Hall–Kier alpha value is -3.68. The zero-order valence-corrected chi connectivity index (χ0v) is 25.2. The highest BCUT2D eigenvalue weighted by molar-refractivity contribution is 8.26. The summed E-state index contributed by atoms with van der Waals surface area (Å²) in [5.74, 6) is 1.19. The van der Waals surface area contributed by atoms with Gasteiger partial charge in [-0.15, -0.1) is 0 Å². The summed E-state index contributed by atoms with van der Waals surface area (Å²) < 4.78 is 8.60. The molecule has 0 saturated carbocycles. The average Bonchev–Trinajstić information content (AvgIpc) is 3.55. The SMILES string of the molecule is CCCCC(CC)CN1C(=O)/C(=C/c2cn(-c3ccccc3)nc2-c2cccc(OCc3ccccc3)c2)SC1=S. The standard InChI is InChI=1S/C34H35N3O2S2/c1-3-5-13-25(4-2)22-36-33(38)31(41-34(36)40)21-28-23-37(29-17-10-7-11-18-29)35-32(28)27-16-12-19-30(20-27)39-24-26-14-8-6-9-15-26/h6-12,14-21,23,25H,3-5,13,22,24H2,1-2H3/b31-21-. The lowest BCUT2D eigenvalue weighted by atomic mass is 9.99. The Morgan fingerprint density at radius 2 is 1.76 bits per heavy atom. The fraction of sp³-hybridized carbons (Fsp3) is 0.265. The van der Waals surface area contributed by atoms with Crippen molar-refractivity contribution in [2.45, 2.75) is 46.1 Å². The van der Waals surface area contributed by atoms with Crippen molar-refractivity contribution in [3.05, 3.63) is 107 Å². The second-order valence-electron chi connectivity index (χ2n) is 10.2. The van der Waals surface area contributed by atoms with Crippen LogP contribution in [-0.4, -0.2) is 31.5 Å². The molecule has 0 radical (unpaired) electrons. The van der Waals surface area contributed by atoms with Gasteiger partial charge in [0.15, 0.2) is 0 Å². The van der Waals surface area contributed by atoms with E-state index in [0.29, 0.717) is 28.3 Å². The Kier molecular flexibility index (Phi) is 9.70. The van der Waals surface area contributed by atoms with Gasteiger partial charge in [0.2, 0.25) is 0 Å². The molecule has 0 aliphatic carbocycles. The highest BCUT2D eigenvalue weighted by Crippen LogP contribution is 2.36. The minimum Gasteiger partial charge on any atom is -0.489 e. The Morgan fingerprint density at radius 1 is 1.00 bits per heavy atom. The molecule has 1 unspecified atom stereocenters. The first-order valence-electron chi connectivity index (χ1n) is 14.2. The quantitative estimate of drug-likeness (QED) is 0.124. The lowest BCUT2D eigenvalue weighted by Crippen LogP contribution is -2.33. The molecule has 0 N–H and O–H groups in total. The number of unbranched alkanes of at least 4 members (excludes halogenated alkanes) is 1. The van der Waals surface area contributed by atoms with Crippen LogP contribution in [-0.2, 0) is 11.4 Å². The fourth-order valence-corrected chi connectivity index (χ4v) is 6.14. The summed E-state index contributed by atoms with van der Waals surface area (Å²) in [7, 11) is 0. The lowest BCUT2D eigenvalue weighted by Gasteiger charge is -2.21. The zero-order valence-electron chi connectivity index (χ0n) is 23.5. The Bertz CT molecular complexity index is 1520. The molecule has 1 aliphatic heterocycles. The molecule has 0 bridgehead atoms. The highest BCUT2D eigenvalue weighted by atomic mass is 32.2. The van der Waals surface area contributed by atoms with E-state index < -0.39 is 0 Å². The molecule has 210 valence electrons. The second-order valence-corrected chi connectivity index (χ2v) is 11.9. The molecule has 5 rings (SSSR count). The van der Waals surface area contributed by atoms with E-state index in [0.717, 1.165) is 53.1 Å². The summed E-state index contributed by atoms with van der Waals surface area (Å²) in [6.45, 7) is 5.55. The Morgan fingerprint density at radius 3 is 2.49 bits per heavy atom. The number of thiocarbonyl (C=S) groups is 1. The first kappa shape index (κ1) is 28.8. The van der Waals surface area contributed by atoms with Gasteiger partial charge in [-0.1, -0.05) is 118 Å². The minimum absolute atomic E-state index is 0.0201. The van der Waals surface area contributed by atoms with Gasteiger partial charge in [0.05, 0.1) is 10.6 Å². The van der Waals surface area contributed by atoms with E-state index in [-0.39, 0.29) is 5.91 Å². The molecule has 1 fully saturated rings. The van der Waals surface area contributed by atoms with Crippen LogP contribution in [0.3, 0.4) is 0 Å². The highest BCUT2D eigenvalue weighted by Gasteiger charge is 2.33. The summed E-state index contributed by atoms with van der Waals surface area (Å²) in [5.41, 5.74) is 4.59. The minimum atomic E-state index is -0.0201. The van der Waals surface area contributed by atoms with E-state index in [1.54, 1.807) is 4.90 Å². The average molecular weight is 582 g/mol. The zero-order chi connectivity index (χ0) is 28.6. The molecule has 1 saturated heterocycles. The van der Waals surface area contributed by atoms with Crippen molar-refractivity contribution in [2.75, 3.05) is 6.54 Å². The van der Waals surface area contributed by atoms with Crippen LogP contribution in [0.2, 0.25) is 0 Å². The summed E-state index contributed by atoms with van der Waals surface area (Å²) in [4.78, 5) is 16.0. The van der Waals surface area contributed by atoms with Gasteiger partial charge in [-0.05, 0) is 48.2 Å². The largest absolute Gasteiger partial charge is 0.489 e. The predicted molar refractivity (Wildman–Crippen MR) is 173 cm³/mol. The van der Waals surface area contributed by atoms with Crippen LogP contribution in [0.15, 0.2) is 96.0 Å². The van der Waals surface area contributed by atoms with E-state index in [1.165, 1.54) is 18.2 Å². The van der Waals surface area contributed by atoms with Crippen LogP contribution >= 0.6 is 24.0 Å². The van der Waals surface area contributed by atoms with Crippen LogP contribution < -0.4 is 4.74 Å². The number of ether oxygens (including phenoxy) is 1. The van der Waals surface area contributed by atoms with E-state index in [4.69, 9.17) is 22.1 Å². The number of amides is 1. The summed E-state index contributed by atoms with van der Waals surface area (Å²) in [6, 6.07) is 28.0. The Labute approximate surface area is 252 Å². The van der Waals surface area contributed by atoms with Crippen LogP contribution in [0, 0.1) is 5.92 Å². The van der Waals surface area contributed by atoms with Gasteiger partial charge in [0.25, 0.3) is 5.91 Å². The third kappa shape index (κ3) is 7.16. The molecule has 5 nitrogen and oxygen atoms in total. The van der Waals surface area contributed by atoms with Crippen molar-refractivity contribution >= 4 is 40.3 Å². The number of hydrogen-bond acceptors (Lipinski definition) is 5. The van der Waals surface area contributed by atoms with Crippen molar-refractivity contribution in [3.63, 3.8) is 0 Å². The van der Waals surface area contributed by atoms with Crippen molar-refractivity contribution in [1.29, 1.82) is 0 Å². The van der Waals surface area contributed by atoms with Crippen molar-refractivity contribution in [2.24, 2.45) is 5.92 Å². The number of rotatable bonds is 12. The Balaban J connectivity index is 1.45. The van der Waals surface area contributed by atoms with Crippen LogP contribution in [0.4, 0.5) is 0 Å². The van der Waals surface area contributed by atoms with Gasteiger partial charge in [0.1, 0.15) is 22.4 Å². The van der Waals surface area contributed by atoms with E-state index in [9.17, 15) is 4.79 Å². The molecule has 41 heavy (non-hydrogen) atoms. The smallest absolute Gasteiger partial charge is 0.266 e. The maximum absolute atomic E-state index is 13.5. The number of thioether (sulfide) groups is 1. The number of hydrogen-bond donors (Lipinski definition) is 0. The van der Waals surface area contributed by atoms with Crippen LogP contribution in [0.25, 0.3) is 23.0 Å². The maximum Gasteiger partial charge on any atom is 0.266 e. The molecular weight excluding hydrogens is 547 g/mol.